The zero-order valence-corrected chi connectivity index (χ0v) is 20.2. The van der Waals surface area contributed by atoms with E-state index in [0.717, 1.165) is 49.2 Å². The molecule has 35 heavy (non-hydrogen) atoms. The molecule has 1 fully saturated rings. The molecule has 0 radical (unpaired) electrons. The number of piperidine rings is 1. The molecule has 1 atom stereocenters. The third-order valence-corrected chi connectivity index (χ3v) is 7.22. The summed E-state index contributed by atoms with van der Waals surface area (Å²) in [5.74, 6) is 0.372. The van der Waals surface area contributed by atoms with Crippen LogP contribution >= 0.6 is 0 Å². The Kier molecular flexibility index (Phi) is 7.05. The van der Waals surface area contributed by atoms with Gasteiger partial charge in [-0.25, -0.2) is 9.40 Å². The van der Waals surface area contributed by atoms with Gasteiger partial charge in [-0.2, -0.15) is 5.10 Å². The molecular formula is C30H32FN3O. The van der Waals surface area contributed by atoms with Gasteiger partial charge in [-0.3, -0.25) is 9.69 Å². The summed E-state index contributed by atoms with van der Waals surface area (Å²) in [5.41, 5.74) is 5.11. The number of halogens is 1. The van der Waals surface area contributed by atoms with Crippen LogP contribution in [-0.2, 0) is 11.2 Å². The molecule has 1 unspecified atom stereocenters. The number of hydrazone groups is 1. The summed E-state index contributed by atoms with van der Waals surface area (Å²) in [7, 11) is 0. The Morgan fingerprint density at radius 2 is 1.71 bits per heavy atom. The quantitative estimate of drug-likeness (QED) is 0.460. The first-order valence-corrected chi connectivity index (χ1v) is 12.5. The second kappa shape index (κ2) is 10.5. The van der Waals surface area contributed by atoms with Crippen molar-refractivity contribution in [1.29, 1.82) is 0 Å². The monoisotopic (exact) mass is 469 g/mol. The van der Waals surface area contributed by atoms with E-state index in [-0.39, 0.29) is 17.8 Å². The van der Waals surface area contributed by atoms with Gasteiger partial charge in [0.05, 0.1) is 18.3 Å². The van der Waals surface area contributed by atoms with Crippen LogP contribution in [0.3, 0.4) is 0 Å². The van der Waals surface area contributed by atoms with Crippen molar-refractivity contribution >= 4 is 11.6 Å². The summed E-state index contributed by atoms with van der Waals surface area (Å²) in [6.07, 6.45) is 3.88. The van der Waals surface area contributed by atoms with Crippen molar-refractivity contribution in [2.24, 2.45) is 11.0 Å². The molecule has 5 rings (SSSR count). The molecule has 2 heterocycles. The van der Waals surface area contributed by atoms with Gasteiger partial charge < -0.3 is 0 Å². The fourth-order valence-electron chi connectivity index (χ4n) is 5.19. The molecule has 4 nitrogen and oxygen atoms in total. The van der Waals surface area contributed by atoms with Gasteiger partial charge in [0.1, 0.15) is 5.82 Å². The fraction of sp³-hybridized carbons (Fsp3) is 0.333. The summed E-state index contributed by atoms with van der Waals surface area (Å²) in [6, 6.07) is 25.2. The first-order valence-electron chi connectivity index (χ1n) is 12.5. The Morgan fingerprint density at radius 1 is 0.971 bits per heavy atom. The molecule has 5 heteroatoms. The van der Waals surface area contributed by atoms with E-state index in [2.05, 4.69) is 66.4 Å². The zero-order chi connectivity index (χ0) is 24.2. The SMILES string of the molecule is Cc1ccc(C2CC(c3cccc(F)c3)=NN2C(=O)CN2CCC(Cc3ccccc3)CC2)cc1. The van der Waals surface area contributed by atoms with Crippen LogP contribution < -0.4 is 0 Å². The lowest BCUT2D eigenvalue weighted by Crippen LogP contribution is -2.42. The van der Waals surface area contributed by atoms with E-state index < -0.39 is 0 Å². The first kappa shape index (κ1) is 23.4. The van der Waals surface area contributed by atoms with Crippen LogP contribution in [0.15, 0.2) is 84.0 Å². The minimum Gasteiger partial charge on any atom is -0.294 e. The maximum absolute atomic E-state index is 13.9. The second-order valence-corrected chi connectivity index (χ2v) is 9.84. The molecule has 180 valence electrons. The Hall–Kier alpha value is -3.31. The lowest BCUT2D eigenvalue weighted by atomic mass is 9.90. The predicted molar refractivity (Wildman–Crippen MR) is 138 cm³/mol. The summed E-state index contributed by atoms with van der Waals surface area (Å²) in [4.78, 5) is 15.7. The number of amides is 1. The Morgan fingerprint density at radius 3 is 2.43 bits per heavy atom. The van der Waals surface area contributed by atoms with Crippen LogP contribution in [0.25, 0.3) is 0 Å². The highest BCUT2D eigenvalue weighted by Gasteiger charge is 2.34. The summed E-state index contributed by atoms with van der Waals surface area (Å²) < 4.78 is 13.9. The van der Waals surface area contributed by atoms with E-state index >= 15 is 0 Å². The zero-order valence-electron chi connectivity index (χ0n) is 20.2. The number of hydrogen-bond acceptors (Lipinski definition) is 3. The van der Waals surface area contributed by atoms with Gasteiger partial charge in [0.2, 0.25) is 0 Å². The van der Waals surface area contributed by atoms with Crippen molar-refractivity contribution in [3.05, 3.63) is 107 Å². The number of nitrogens with zero attached hydrogens (tertiary/aromatic N) is 3. The number of carbonyl (C=O) groups excluding carboxylic acids is 1. The molecule has 0 bridgehead atoms. The third-order valence-electron chi connectivity index (χ3n) is 7.22. The van der Waals surface area contributed by atoms with Gasteiger partial charge in [0, 0.05) is 12.0 Å². The number of carbonyl (C=O) groups is 1. The minimum atomic E-state index is -0.291. The smallest absolute Gasteiger partial charge is 0.257 e. The topological polar surface area (TPSA) is 35.9 Å². The van der Waals surface area contributed by atoms with Crippen molar-refractivity contribution in [3.63, 3.8) is 0 Å². The van der Waals surface area contributed by atoms with Crippen molar-refractivity contribution in [3.8, 4) is 0 Å². The lowest BCUT2D eigenvalue weighted by Gasteiger charge is -2.33. The van der Waals surface area contributed by atoms with E-state index in [1.54, 1.807) is 11.1 Å². The molecule has 1 saturated heterocycles. The Bertz CT molecular complexity index is 1180. The molecule has 1 amide bonds. The van der Waals surface area contributed by atoms with E-state index in [1.807, 2.05) is 6.07 Å². The van der Waals surface area contributed by atoms with Crippen LogP contribution in [0.2, 0.25) is 0 Å². The highest BCUT2D eigenvalue weighted by molar-refractivity contribution is 6.03. The normalized spacial score (nSPS) is 19.1. The number of aryl methyl sites for hydroxylation is 1. The van der Waals surface area contributed by atoms with Gasteiger partial charge in [0.15, 0.2) is 0 Å². The molecule has 2 aliphatic heterocycles. The van der Waals surface area contributed by atoms with Gasteiger partial charge in [-0.15, -0.1) is 0 Å². The van der Waals surface area contributed by atoms with Crippen molar-refractivity contribution in [2.45, 2.75) is 38.6 Å². The van der Waals surface area contributed by atoms with Crippen LogP contribution in [0.1, 0.15) is 47.6 Å². The Labute approximate surface area is 207 Å². The highest BCUT2D eigenvalue weighted by Crippen LogP contribution is 2.33. The number of rotatable bonds is 6. The lowest BCUT2D eigenvalue weighted by molar-refractivity contribution is -0.134. The Balaban J connectivity index is 1.27. The number of benzene rings is 3. The van der Waals surface area contributed by atoms with Crippen LogP contribution in [0, 0.1) is 18.7 Å². The van der Waals surface area contributed by atoms with Crippen LogP contribution in [0.5, 0.6) is 0 Å². The first-order chi connectivity index (χ1) is 17.0. The maximum Gasteiger partial charge on any atom is 0.257 e. The fourth-order valence-corrected chi connectivity index (χ4v) is 5.19. The van der Waals surface area contributed by atoms with E-state index in [1.165, 1.54) is 23.3 Å². The summed E-state index contributed by atoms with van der Waals surface area (Å²) in [6.45, 7) is 4.26. The third kappa shape index (κ3) is 5.68. The molecule has 2 aliphatic rings. The maximum atomic E-state index is 13.9. The molecule has 0 N–H and O–H groups in total. The van der Waals surface area contributed by atoms with Crippen molar-refractivity contribution < 1.29 is 9.18 Å². The highest BCUT2D eigenvalue weighted by atomic mass is 19.1. The minimum absolute atomic E-state index is 0.00323. The van der Waals surface area contributed by atoms with Gasteiger partial charge in [-0.05, 0) is 68.5 Å². The van der Waals surface area contributed by atoms with Crippen molar-refractivity contribution in [1.82, 2.24) is 9.91 Å². The summed E-state index contributed by atoms with van der Waals surface area (Å²) >= 11 is 0. The van der Waals surface area contributed by atoms with Gasteiger partial charge in [0.25, 0.3) is 5.91 Å². The molecule has 0 aliphatic carbocycles. The van der Waals surface area contributed by atoms with Crippen LogP contribution in [-0.4, -0.2) is 41.2 Å². The number of likely N-dealkylation sites (tertiary alicyclic amines) is 1. The molecule has 0 saturated carbocycles. The predicted octanol–water partition coefficient (Wildman–Crippen LogP) is 5.77. The molecule has 0 aromatic heterocycles. The molecule has 3 aromatic rings. The standard InChI is InChI=1S/C30H32FN3O/c1-22-10-12-25(13-11-22)29-20-28(26-8-5-9-27(31)19-26)32-34(29)30(35)21-33-16-14-24(15-17-33)18-23-6-3-2-4-7-23/h2-13,19,24,29H,14-18,20-21H2,1H3. The molecular weight excluding hydrogens is 437 g/mol. The average Bonchev–Trinajstić information content (AvgIpc) is 3.32. The number of hydrogen-bond donors (Lipinski definition) is 0. The second-order valence-electron chi connectivity index (χ2n) is 9.84. The largest absolute Gasteiger partial charge is 0.294 e. The van der Waals surface area contributed by atoms with Crippen LogP contribution in [0.4, 0.5) is 4.39 Å². The molecule has 3 aromatic carbocycles. The van der Waals surface area contributed by atoms with Gasteiger partial charge >= 0.3 is 0 Å². The van der Waals surface area contributed by atoms with E-state index in [9.17, 15) is 9.18 Å². The summed E-state index contributed by atoms with van der Waals surface area (Å²) in [5, 5.41) is 6.36. The van der Waals surface area contributed by atoms with Crippen molar-refractivity contribution in [2.75, 3.05) is 19.6 Å². The van der Waals surface area contributed by atoms with Gasteiger partial charge in [-0.1, -0.05) is 72.3 Å². The van der Waals surface area contributed by atoms with E-state index in [4.69, 9.17) is 5.10 Å². The molecule has 0 spiro atoms. The average molecular weight is 470 g/mol. The van der Waals surface area contributed by atoms with E-state index in [0.29, 0.717) is 18.9 Å².